The van der Waals surface area contributed by atoms with E-state index >= 15 is 0 Å². The first kappa shape index (κ1) is 13.2. The van der Waals surface area contributed by atoms with Crippen LogP contribution in [0.3, 0.4) is 0 Å². The van der Waals surface area contributed by atoms with Crippen molar-refractivity contribution in [3.05, 3.63) is 24.0 Å². The van der Waals surface area contributed by atoms with Gasteiger partial charge in [0.1, 0.15) is 10.7 Å². The van der Waals surface area contributed by atoms with Gasteiger partial charge in [0.15, 0.2) is 0 Å². The fourth-order valence-electron chi connectivity index (χ4n) is 2.37. The van der Waals surface area contributed by atoms with Gasteiger partial charge in [-0.15, -0.1) is 0 Å². The van der Waals surface area contributed by atoms with Crippen LogP contribution in [0.4, 0.5) is 5.69 Å². The molecule has 0 spiro atoms. The highest BCUT2D eigenvalue weighted by atomic mass is 32.1. The van der Waals surface area contributed by atoms with Gasteiger partial charge in [0.05, 0.1) is 5.69 Å². The molecular weight excluding hydrogens is 244 g/mol. The molecule has 2 heterocycles. The molecule has 4 nitrogen and oxygen atoms in total. The molecular formula is C13H20N4S. The molecule has 0 aromatic carbocycles. The second-order valence-electron chi connectivity index (χ2n) is 4.69. The van der Waals surface area contributed by atoms with Crippen LogP contribution in [0.2, 0.25) is 0 Å². The number of nitrogens with zero attached hydrogens (tertiary/aromatic N) is 2. The van der Waals surface area contributed by atoms with Gasteiger partial charge in [-0.1, -0.05) is 19.1 Å². The van der Waals surface area contributed by atoms with E-state index in [4.69, 9.17) is 18.0 Å². The van der Waals surface area contributed by atoms with Crippen LogP contribution < -0.4 is 11.1 Å². The van der Waals surface area contributed by atoms with Crippen molar-refractivity contribution in [1.82, 2.24) is 9.88 Å². The lowest BCUT2D eigenvalue weighted by molar-refractivity contribution is 0.345. The van der Waals surface area contributed by atoms with Crippen LogP contribution in [0.25, 0.3) is 0 Å². The minimum absolute atomic E-state index is 0.347. The molecule has 1 aromatic heterocycles. The second-order valence-corrected chi connectivity index (χ2v) is 5.13. The first-order valence-electron chi connectivity index (χ1n) is 6.41. The Labute approximate surface area is 114 Å². The Balaban J connectivity index is 1.92. The molecule has 98 valence electrons. The summed E-state index contributed by atoms with van der Waals surface area (Å²) in [7, 11) is 0. The molecule has 0 amide bonds. The predicted octanol–water partition coefficient (Wildman–Crippen LogP) is 1.47. The largest absolute Gasteiger partial charge is 0.388 e. The van der Waals surface area contributed by atoms with Gasteiger partial charge in [-0.3, -0.25) is 4.98 Å². The summed E-state index contributed by atoms with van der Waals surface area (Å²) >= 11 is 5.00. The van der Waals surface area contributed by atoms with Gasteiger partial charge in [0, 0.05) is 19.3 Å². The number of aromatic nitrogens is 1. The van der Waals surface area contributed by atoms with E-state index in [9.17, 15) is 0 Å². The van der Waals surface area contributed by atoms with Crippen molar-refractivity contribution >= 4 is 22.9 Å². The molecule has 1 unspecified atom stereocenters. The molecule has 2 rings (SSSR count). The first-order valence-corrected chi connectivity index (χ1v) is 6.82. The SMILES string of the molecule is CCN1CCC(CNc2cccnc2C(N)=S)C1. The lowest BCUT2D eigenvalue weighted by Gasteiger charge is -2.15. The van der Waals surface area contributed by atoms with E-state index in [1.54, 1.807) is 6.20 Å². The molecule has 0 bridgehead atoms. The van der Waals surface area contributed by atoms with Crippen molar-refractivity contribution in [1.29, 1.82) is 0 Å². The Bertz CT molecular complexity index is 421. The van der Waals surface area contributed by atoms with Crippen molar-refractivity contribution in [3.63, 3.8) is 0 Å². The number of nitrogens with two attached hydrogens (primary N) is 1. The average molecular weight is 264 g/mol. The lowest BCUT2D eigenvalue weighted by Crippen LogP contribution is -2.23. The zero-order valence-electron chi connectivity index (χ0n) is 10.7. The van der Waals surface area contributed by atoms with E-state index in [-0.39, 0.29) is 0 Å². The molecule has 0 radical (unpaired) electrons. The Hall–Kier alpha value is -1.20. The maximum absolute atomic E-state index is 5.66. The van der Waals surface area contributed by atoms with Crippen LogP contribution >= 0.6 is 12.2 Å². The third-order valence-electron chi connectivity index (χ3n) is 3.44. The van der Waals surface area contributed by atoms with Gasteiger partial charge in [0.2, 0.25) is 0 Å². The summed E-state index contributed by atoms with van der Waals surface area (Å²) < 4.78 is 0. The van der Waals surface area contributed by atoms with Gasteiger partial charge in [0.25, 0.3) is 0 Å². The number of nitrogens with one attached hydrogen (secondary N) is 1. The van der Waals surface area contributed by atoms with Crippen molar-refractivity contribution in [2.24, 2.45) is 11.7 Å². The van der Waals surface area contributed by atoms with Crippen LogP contribution in [0, 0.1) is 5.92 Å². The van der Waals surface area contributed by atoms with Crippen molar-refractivity contribution in [2.75, 3.05) is 31.5 Å². The van der Waals surface area contributed by atoms with Gasteiger partial charge in [-0.05, 0) is 37.6 Å². The maximum atomic E-state index is 5.66. The molecule has 1 atom stereocenters. The Morgan fingerprint density at radius 3 is 3.17 bits per heavy atom. The fourth-order valence-corrected chi connectivity index (χ4v) is 2.53. The first-order chi connectivity index (χ1) is 8.70. The highest BCUT2D eigenvalue weighted by Crippen LogP contribution is 2.18. The zero-order valence-corrected chi connectivity index (χ0v) is 11.5. The van der Waals surface area contributed by atoms with E-state index in [2.05, 4.69) is 22.1 Å². The number of pyridine rings is 1. The van der Waals surface area contributed by atoms with Crippen LogP contribution in [-0.4, -0.2) is 41.1 Å². The summed E-state index contributed by atoms with van der Waals surface area (Å²) in [5.41, 5.74) is 7.30. The van der Waals surface area contributed by atoms with E-state index in [1.165, 1.54) is 19.5 Å². The van der Waals surface area contributed by atoms with E-state index < -0.39 is 0 Å². The molecule has 3 N–H and O–H groups in total. The molecule has 1 aliphatic rings. The van der Waals surface area contributed by atoms with Gasteiger partial charge >= 0.3 is 0 Å². The molecule has 1 fully saturated rings. The van der Waals surface area contributed by atoms with Crippen molar-refractivity contribution in [2.45, 2.75) is 13.3 Å². The number of likely N-dealkylation sites (tertiary alicyclic amines) is 1. The quantitative estimate of drug-likeness (QED) is 0.789. The van der Waals surface area contributed by atoms with E-state index in [1.807, 2.05) is 12.1 Å². The van der Waals surface area contributed by atoms with Gasteiger partial charge < -0.3 is 16.0 Å². The number of hydrogen-bond acceptors (Lipinski definition) is 4. The highest BCUT2D eigenvalue weighted by Gasteiger charge is 2.21. The maximum Gasteiger partial charge on any atom is 0.124 e. The Morgan fingerprint density at radius 1 is 1.67 bits per heavy atom. The van der Waals surface area contributed by atoms with Gasteiger partial charge in [-0.2, -0.15) is 0 Å². The summed E-state index contributed by atoms with van der Waals surface area (Å²) in [6, 6.07) is 3.88. The average Bonchev–Trinajstić information content (AvgIpc) is 2.84. The predicted molar refractivity (Wildman–Crippen MR) is 78.8 cm³/mol. The Kier molecular flexibility index (Phi) is 4.49. The monoisotopic (exact) mass is 264 g/mol. The highest BCUT2D eigenvalue weighted by molar-refractivity contribution is 7.80. The van der Waals surface area contributed by atoms with Crippen molar-refractivity contribution in [3.8, 4) is 0 Å². The minimum atomic E-state index is 0.347. The summed E-state index contributed by atoms with van der Waals surface area (Å²) in [6.45, 7) is 6.69. The standard InChI is InChI=1S/C13H20N4S/c1-2-17-7-5-10(9-17)8-16-11-4-3-6-15-12(11)13(14)18/h3-4,6,10,16H,2,5,7-9H2,1H3,(H2,14,18). The number of hydrogen-bond donors (Lipinski definition) is 2. The fraction of sp³-hybridized carbons (Fsp3) is 0.538. The second kappa shape index (κ2) is 6.11. The molecule has 0 saturated carbocycles. The summed E-state index contributed by atoms with van der Waals surface area (Å²) in [5, 5.41) is 3.42. The van der Waals surface area contributed by atoms with Crippen molar-refractivity contribution < 1.29 is 0 Å². The Morgan fingerprint density at radius 2 is 2.50 bits per heavy atom. The molecule has 0 aliphatic carbocycles. The molecule has 1 aliphatic heterocycles. The summed E-state index contributed by atoms with van der Waals surface area (Å²) in [4.78, 5) is 7.04. The number of rotatable bonds is 5. The number of thiocarbonyl (C=S) groups is 1. The smallest absolute Gasteiger partial charge is 0.124 e. The summed E-state index contributed by atoms with van der Waals surface area (Å²) in [6.07, 6.45) is 2.97. The molecule has 1 aromatic rings. The molecule has 18 heavy (non-hydrogen) atoms. The summed E-state index contributed by atoms with van der Waals surface area (Å²) in [5.74, 6) is 0.698. The number of anilines is 1. The van der Waals surface area contributed by atoms with E-state index in [0.717, 1.165) is 18.8 Å². The van der Waals surface area contributed by atoms with Crippen LogP contribution in [-0.2, 0) is 0 Å². The van der Waals surface area contributed by atoms with Crippen LogP contribution in [0.15, 0.2) is 18.3 Å². The van der Waals surface area contributed by atoms with Crippen LogP contribution in [0.5, 0.6) is 0 Å². The third kappa shape index (κ3) is 3.17. The zero-order chi connectivity index (χ0) is 13.0. The lowest BCUT2D eigenvalue weighted by atomic mass is 10.1. The third-order valence-corrected chi connectivity index (χ3v) is 3.63. The molecule has 5 heteroatoms. The topological polar surface area (TPSA) is 54.2 Å². The van der Waals surface area contributed by atoms with E-state index in [0.29, 0.717) is 16.6 Å². The minimum Gasteiger partial charge on any atom is -0.388 e. The van der Waals surface area contributed by atoms with Crippen LogP contribution in [0.1, 0.15) is 19.0 Å². The normalized spacial score (nSPS) is 19.9. The van der Waals surface area contributed by atoms with Gasteiger partial charge in [-0.25, -0.2) is 0 Å². The molecule has 1 saturated heterocycles.